The predicted molar refractivity (Wildman–Crippen MR) is 84.4 cm³/mol. The van der Waals surface area contributed by atoms with Crippen molar-refractivity contribution in [3.63, 3.8) is 0 Å². The van der Waals surface area contributed by atoms with Gasteiger partial charge in [0.1, 0.15) is 0 Å². The molecule has 114 valence electrons. The summed E-state index contributed by atoms with van der Waals surface area (Å²) in [5.74, 6) is -0.805. The number of benzene rings is 1. The smallest absolute Gasteiger partial charge is 0.227 e. The molecule has 1 aromatic rings. The number of amides is 2. The lowest BCUT2D eigenvalue weighted by Gasteiger charge is -2.24. The summed E-state index contributed by atoms with van der Waals surface area (Å²) in [6, 6.07) is 6.08. The molecule has 0 saturated carbocycles. The fraction of sp³-hybridized carbons (Fsp3) is 0.500. The van der Waals surface area contributed by atoms with Crippen molar-refractivity contribution in [3.05, 3.63) is 23.8 Å². The molecule has 1 heterocycles. The molecule has 2 rings (SSSR count). The van der Waals surface area contributed by atoms with E-state index in [2.05, 4.69) is 24.8 Å². The fourth-order valence-corrected chi connectivity index (χ4v) is 2.86. The van der Waals surface area contributed by atoms with E-state index in [-0.39, 0.29) is 18.2 Å². The summed E-state index contributed by atoms with van der Waals surface area (Å²) >= 11 is 0. The lowest BCUT2D eigenvalue weighted by molar-refractivity contribution is -0.123. The van der Waals surface area contributed by atoms with Gasteiger partial charge < -0.3 is 15.5 Å². The van der Waals surface area contributed by atoms with Crippen LogP contribution in [-0.2, 0) is 9.59 Å². The lowest BCUT2D eigenvalue weighted by atomic mass is 10.1. The summed E-state index contributed by atoms with van der Waals surface area (Å²) in [7, 11) is 0. The monoisotopic (exact) mass is 289 g/mol. The highest BCUT2D eigenvalue weighted by atomic mass is 16.2. The van der Waals surface area contributed by atoms with Crippen LogP contribution in [0.3, 0.4) is 0 Å². The zero-order chi connectivity index (χ0) is 15.6. The summed E-state index contributed by atoms with van der Waals surface area (Å²) in [6.45, 7) is 8.51. The van der Waals surface area contributed by atoms with Gasteiger partial charge in [-0.05, 0) is 44.5 Å². The van der Waals surface area contributed by atoms with E-state index in [0.717, 1.165) is 30.0 Å². The van der Waals surface area contributed by atoms with Crippen molar-refractivity contribution >= 4 is 23.2 Å². The minimum Gasteiger partial charge on any atom is -0.372 e. The van der Waals surface area contributed by atoms with Crippen LogP contribution in [0.5, 0.6) is 0 Å². The molecule has 0 bridgehead atoms. The van der Waals surface area contributed by atoms with Crippen LogP contribution in [-0.4, -0.2) is 31.4 Å². The molecule has 1 aliphatic heterocycles. The van der Waals surface area contributed by atoms with Crippen molar-refractivity contribution in [2.45, 2.75) is 27.2 Å². The number of anilines is 2. The number of carbonyl (C=O) groups excluding carboxylic acids is 2. The third-order valence-corrected chi connectivity index (χ3v) is 4.13. The second kappa shape index (κ2) is 6.16. The van der Waals surface area contributed by atoms with Crippen molar-refractivity contribution in [2.24, 2.45) is 11.7 Å². The molecule has 2 amide bonds. The minimum atomic E-state index is -0.400. The van der Waals surface area contributed by atoms with Gasteiger partial charge in [0.25, 0.3) is 0 Å². The maximum absolute atomic E-state index is 12.1. The van der Waals surface area contributed by atoms with Crippen LogP contribution in [0, 0.1) is 12.8 Å². The number of rotatable bonds is 5. The normalized spacial score (nSPS) is 18.1. The number of carbonyl (C=O) groups is 2. The van der Waals surface area contributed by atoms with Crippen molar-refractivity contribution < 1.29 is 9.59 Å². The summed E-state index contributed by atoms with van der Waals surface area (Å²) in [6.07, 6.45) is 0.215. The van der Waals surface area contributed by atoms with Gasteiger partial charge in [-0.15, -0.1) is 0 Å². The lowest BCUT2D eigenvalue weighted by Crippen LogP contribution is -2.29. The molecule has 0 aliphatic carbocycles. The Kier molecular flexibility index (Phi) is 4.50. The Bertz CT molecular complexity index is 552. The van der Waals surface area contributed by atoms with E-state index in [1.165, 1.54) is 0 Å². The number of hydrogen-bond donors (Lipinski definition) is 1. The number of nitrogens with two attached hydrogens (primary N) is 1. The SMILES string of the molecule is CCN(CC)c1ccc(N2C[C@@H](C(N)=O)CC2=O)c(C)c1. The highest BCUT2D eigenvalue weighted by Crippen LogP contribution is 2.30. The van der Waals surface area contributed by atoms with E-state index in [9.17, 15) is 9.59 Å². The standard InChI is InChI=1S/C16H23N3O2/c1-4-18(5-2)13-6-7-14(11(3)8-13)19-10-12(16(17)21)9-15(19)20/h6-8,12H,4-5,9-10H2,1-3H3,(H2,17,21)/t12-/m0/s1. The highest BCUT2D eigenvalue weighted by Gasteiger charge is 2.34. The van der Waals surface area contributed by atoms with Crippen molar-refractivity contribution in [1.29, 1.82) is 0 Å². The molecule has 0 aromatic heterocycles. The van der Waals surface area contributed by atoms with Crippen LogP contribution in [0.25, 0.3) is 0 Å². The van der Waals surface area contributed by atoms with Crippen LogP contribution in [0.4, 0.5) is 11.4 Å². The topological polar surface area (TPSA) is 66.6 Å². The maximum atomic E-state index is 12.1. The zero-order valence-corrected chi connectivity index (χ0v) is 12.9. The number of aryl methyl sites for hydroxylation is 1. The fourth-order valence-electron chi connectivity index (χ4n) is 2.86. The van der Waals surface area contributed by atoms with E-state index < -0.39 is 5.91 Å². The molecule has 5 heteroatoms. The third-order valence-electron chi connectivity index (χ3n) is 4.13. The molecule has 21 heavy (non-hydrogen) atoms. The Morgan fingerprint density at radius 1 is 1.38 bits per heavy atom. The molecule has 2 N–H and O–H groups in total. The summed E-state index contributed by atoms with van der Waals surface area (Å²) in [5.41, 5.74) is 8.38. The van der Waals surface area contributed by atoms with Crippen molar-refractivity contribution in [2.75, 3.05) is 29.4 Å². The molecule has 0 spiro atoms. The minimum absolute atomic E-state index is 0.0301. The average Bonchev–Trinajstić information content (AvgIpc) is 2.83. The summed E-state index contributed by atoms with van der Waals surface area (Å²) in [4.78, 5) is 27.3. The van der Waals surface area contributed by atoms with Crippen LogP contribution in [0.1, 0.15) is 25.8 Å². The number of nitrogens with zero attached hydrogens (tertiary/aromatic N) is 2. The number of primary amides is 1. The van der Waals surface area contributed by atoms with Gasteiger partial charge in [-0.3, -0.25) is 9.59 Å². The molecular weight excluding hydrogens is 266 g/mol. The van der Waals surface area contributed by atoms with Gasteiger partial charge in [-0.2, -0.15) is 0 Å². The molecule has 1 aliphatic rings. The van der Waals surface area contributed by atoms with E-state index in [1.807, 2.05) is 19.1 Å². The second-order valence-electron chi connectivity index (χ2n) is 5.45. The largest absolute Gasteiger partial charge is 0.372 e. The first-order valence-electron chi connectivity index (χ1n) is 7.43. The van der Waals surface area contributed by atoms with Crippen LogP contribution in [0.2, 0.25) is 0 Å². The average molecular weight is 289 g/mol. The quantitative estimate of drug-likeness (QED) is 0.897. The van der Waals surface area contributed by atoms with E-state index in [1.54, 1.807) is 4.90 Å². The van der Waals surface area contributed by atoms with Crippen LogP contribution < -0.4 is 15.5 Å². The highest BCUT2D eigenvalue weighted by molar-refractivity contribution is 6.00. The van der Waals surface area contributed by atoms with Crippen molar-refractivity contribution in [3.8, 4) is 0 Å². The summed E-state index contributed by atoms with van der Waals surface area (Å²) in [5, 5.41) is 0. The maximum Gasteiger partial charge on any atom is 0.227 e. The van der Waals surface area contributed by atoms with Crippen LogP contribution >= 0.6 is 0 Å². The van der Waals surface area contributed by atoms with E-state index >= 15 is 0 Å². The zero-order valence-electron chi connectivity index (χ0n) is 12.9. The second-order valence-corrected chi connectivity index (χ2v) is 5.45. The molecule has 1 saturated heterocycles. The van der Waals surface area contributed by atoms with Gasteiger partial charge in [-0.25, -0.2) is 0 Å². The predicted octanol–water partition coefficient (Wildman–Crippen LogP) is 1.68. The first-order valence-corrected chi connectivity index (χ1v) is 7.43. The molecule has 1 atom stereocenters. The Balaban J connectivity index is 2.25. The molecule has 1 fully saturated rings. The Labute approximate surface area is 125 Å². The first kappa shape index (κ1) is 15.4. The van der Waals surface area contributed by atoms with E-state index in [0.29, 0.717) is 6.54 Å². The molecule has 1 aromatic carbocycles. The van der Waals surface area contributed by atoms with Gasteiger partial charge >= 0.3 is 0 Å². The Morgan fingerprint density at radius 2 is 2.05 bits per heavy atom. The molecule has 0 unspecified atom stereocenters. The van der Waals surface area contributed by atoms with E-state index in [4.69, 9.17) is 5.73 Å². The molecule has 5 nitrogen and oxygen atoms in total. The summed E-state index contributed by atoms with van der Waals surface area (Å²) < 4.78 is 0. The Hall–Kier alpha value is -2.04. The van der Waals surface area contributed by atoms with Gasteiger partial charge in [0.05, 0.1) is 5.92 Å². The first-order chi connectivity index (χ1) is 9.97. The van der Waals surface area contributed by atoms with Crippen molar-refractivity contribution in [1.82, 2.24) is 0 Å². The van der Waals surface area contributed by atoms with Crippen LogP contribution in [0.15, 0.2) is 18.2 Å². The molecule has 0 radical (unpaired) electrons. The Morgan fingerprint density at radius 3 is 2.52 bits per heavy atom. The van der Waals surface area contributed by atoms with Gasteiger partial charge in [0.2, 0.25) is 11.8 Å². The van der Waals surface area contributed by atoms with Gasteiger partial charge in [0.15, 0.2) is 0 Å². The van der Waals surface area contributed by atoms with Gasteiger partial charge in [0, 0.05) is 37.4 Å². The number of hydrogen-bond acceptors (Lipinski definition) is 3. The molecular formula is C16H23N3O2. The van der Waals surface area contributed by atoms with Gasteiger partial charge in [-0.1, -0.05) is 0 Å². The third kappa shape index (κ3) is 3.01.